The predicted molar refractivity (Wildman–Crippen MR) is 81.8 cm³/mol. The summed E-state index contributed by atoms with van der Waals surface area (Å²) in [6, 6.07) is 7.99. The molecule has 108 valence electrons. The number of ether oxygens (including phenoxy) is 1. The third-order valence-corrected chi connectivity index (χ3v) is 3.05. The SMILES string of the molecule is CC(C)Oc1ccc(-c2nc(C(C)C)[nH]c2CN)cc1. The molecule has 4 heteroatoms. The van der Waals surface area contributed by atoms with Gasteiger partial charge in [0.15, 0.2) is 0 Å². The van der Waals surface area contributed by atoms with Crippen molar-refractivity contribution < 1.29 is 4.74 Å². The maximum Gasteiger partial charge on any atom is 0.119 e. The van der Waals surface area contributed by atoms with Crippen LogP contribution in [-0.2, 0) is 6.54 Å². The number of aromatic nitrogens is 2. The van der Waals surface area contributed by atoms with Crippen LogP contribution in [0.1, 0.15) is 45.1 Å². The molecular weight excluding hydrogens is 250 g/mol. The van der Waals surface area contributed by atoms with Crippen molar-refractivity contribution in [2.24, 2.45) is 5.73 Å². The zero-order valence-electron chi connectivity index (χ0n) is 12.6. The summed E-state index contributed by atoms with van der Waals surface area (Å²) in [4.78, 5) is 7.97. The molecule has 0 bridgehead atoms. The number of nitrogens with one attached hydrogen (secondary N) is 1. The van der Waals surface area contributed by atoms with E-state index in [4.69, 9.17) is 10.5 Å². The molecule has 0 saturated carbocycles. The van der Waals surface area contributed by atoms with E-state index in [-0.39, 0.29) is 6.10 Å². The number of nitrogens with zero attached hydrogens (tertiary/aromatic N) is 1. The first kappa shape index (κ1) is 14.6. The van der Waals surface area contributed by atoms with Crippen molar-refractivity contribution in [1.29, 1.82) is 0 Å². The van der Waals surface area contributed by atoms with E-state index >= 15 is 0 Å². The molecule has 0 aliphatic rings. The minimum absolute atomic E-state index is 0.179. The van der Waals surface area contributed by atoms with E-state index in [1.807, 2.05) is 38.1 Å². The maximum absolute atomic E-state index is 5.80. The van der Waals surface area contributed by atoms with Gasteiger partial charge in [0.1, 0.15) is 11.6 Å². The average Bonchev–Trinajstić information content (AvgIpc) is 2.83. The summed E-state index contributed by atoms with van der Waals surface area (Å²) in [6.45, 7) is 8.72. The number of hydrogen-bond donors (Lipinski definition) is 2. The second kappa shape index (κ2) is 6.09. The average molecular weight is 273 g/mol. The minimum atomic E-state index is 0.179. The highest BCUT2D eigenvalue weighted by Gasteiger charge is 2.13. The Morgan fingerprint density at radius 3 is 2.30 bits per heavy atom. The molecule has 0 unspecified atom stereocenters. The standard InChI is InChI=1S/C16H23N3O/c1-10(2)16-18-14(9-17)15(19-16)12-5-7-13(8-6-12)20-11(3)4/h5-8,10-11H,9,17H2,1-4H3,(H,18,19). The van der Waals surface area contributed by atoms with Crippen LogP contribution in [0.15, 0.2) is 24.3 Å². The Kier molecular flexibility index (Phi) is 4.45. The van der Waals surface area contributed by atoms with Crippen molar-refractivity contribution in [3.8, 4) is 17.0 Å². The summed E-state index contributed by atoms with van der Waals surface area (Å²) in [5, 5.41) is 0. The van der Waals surface area contributed by atoms with Gasteiger partial charge in [0.05, 0.1) is 17.5 Å². The van der Waals surface area contributed by atoms with Crippen molar-refractivity contribution in [3.63, 3.8) is 0 Å². The Balaban J connectivity index is 2.31. The monoisotopic (exact) mass is 273 g/mol. The number of aromatic amines is 1. The van der Waals surface area contributed by atoms with E-state index in [1.54, 1.807) is 0 Å². The van der Waals surface area contributed by atoms with Crippen molar-refractivity contribution in [3.05, 3.63) is 35.8 Å². The van der Waals surface area contributed by atoms with Gasteiger partial charge in [-0.05, 0) is 38.1 Å². The first-order valence-electron chi connectivity index (χ1n) is 7.07. The number of hydrogen-bond acceptors (Lipinski definition) is 3. The number of rotatable bonds is 5. The molecule has 0 radical (unpaired) electrons. The number of benzene rings is 1. The number of imidazole rings is 1. The van der Waals surface area contributed by atoms with E-state index in [0.29, 0.717) is 12.5 Å². The van der Waals surface area contributed by atoms with Crippen molar-refractivity contribution in [2.75, 3.05) is 0 Å². The van der Waals surface area contributed by atoms with Gasteiger partial charge in [0.2, 0.25) is 0 Å². The Bertz CT molecular complexity index is 556. The topological polar surface area (TPSA) is 63.9 Å². The van der Waals surface area contributed by atoms with Gasteiger partial charge in [-0.3, -0.25) is 0 Å². The summed E-state index contributed by atoms with van der Waals surface area (Å²) < 4.78 is 5.65. The molecule has 0 spiro atoms. The van der Waals surface area contributed by atoms with E-state index in [2.05, 4.69) is 23.8 Å². The lowest BCUT2D eigenvalue weighted by Crippen LogP contribution is -2.05. The van der Waals surface area contributed by atoms with Gasteiger partial charge in [0, 0.05) is 18.0 Å². The Labute approximate surface area is 120 Å². The van der Waals surface area contributed by atoms with Gasteiger partial charge >= 0.3 is 0 Å². The quantitative estimate of drug-likeness (QED) is 0.877. The molecule has 3 N–H and O–H groups in total. The first-order chi connectivity index (χ1) is 9.51. The summed E-state index contributed by atoms with van der Waals surface area (Å²) in [5.74, 6) is 2.21. The lowest BCUT2D eigenvalue weighted by molar-refractivity contribution is 0.242. The molecule has 0 atom stereocenters. The second-order valence-corrected chi connectivity index (χ2v) is 5.50. The third kappa shape index (κ3) is 3.20. The molecule has 2 rings (SSSR count). The zero-order valence-corrected chi connectivity index (χ0v) is 12.6. The van der Waals surface area contributed by atoms with Gasteiger partial charge in [0.25, 0.3) is 0 Å². The van der Waals surface area contributed by atoms with Gasteiger partial charge < -0.3 is 15.5 Å². The highest BCUT2D eigenvalue weighted by molar-refractivity contribution is 5.63. The van der Waals surface area contributed by atoms with Crippen molar-refractivity contribution >= 4 is 0 Å². The summed E-state index contributed by atoms with van der Waals surface area (Å²) in [6.07, 6.45) is 0.179. The van der Waals surface area contributed by atoms with Crippen LogP contribution in [0.3, 0.4) is 0 Å². The molecular formula is C16H23N3O. The Morgan fingerprint density at radius 2 is 1.80 bits per heavy atom. The summed E-state index contributed by atoms with van der Waals surface area (Å²) >= 11 is 0. The van der Waals surface area contributed by atoms with Crippen LogP contribution in [0.2, 0.25) is 0 Å². The summed E-state index contributed by atoms with van der Waals surface area (Å²) in [7, 11) is 0. The molecule has 0 amide bonds. The van der Waals surface area contributed by atoms with Crippen LogP contribution >= 0.6 is 0 Å². The molecule has 2 aromatic rings. The van der Waals surface area contributed by atoms with Crippen LogP contribution in [0.5, 0.6) is 5.75 Å². The van der Waals surface area contributed by atoms with E-state index in [1.165, 1.54) is 0 Å². The van der Waals surface area contributed by atoms with Crippen LogP contribution in [0.25, 0.3) is 11.3 Å². The Hall–Kier alpha value is -1.81. The van der Waals surface area contributed by atoms with Crippen molar-refractivity contribution in [1.82, 2.24) is 9.97 Å². The molecule has 0 aliphatic heterocycles. The normalized spacial score (nSPS) is 11.3. The zero-order chi connectivity index (χ0) is 14.7. The lowest BCUT2D eigenvalue weighted by Gasteiger charge is -2.09. The molecule has 0 saturated heterocycles. The van der Waals surface area contributed by atoms with Crippen LogP contribution < -0.4 is 10.5 Å². The van der Waals surface area contributed by atoms with E-state index in [9.17, 15) is 0 Å². The molecule has 0 aliphatic carbocycles. The van der Waals surface area contributed by atoms with Crippen LogP contribution in [-0.4, -0.2) is 16.1 Å². The van der Waals surface area contributed by atoms with E-state index < -0.39 is 0 Å². The smallest absolute Gasteiger partial charge is 0.119 e. The van der Waals surface area contributed by atoms with Gasteiger partial charge in [-0.15, -0.1) is 0 Å². The fraction of sp³-hybridized carbons (Fsp3) is 0.438. The molecule has 0 fully saturated rings. The molecule has 4 nitrogen and oxygen atoms in total. The van der Waals surface area contributed by atoms with Crippen LogP contribution in [0, 0.1) is 0 Å². The minimum Gasteiger partial charge on any atom is -0.491 e. The fourth-order valence-electron chi connectivity index (χ4n) is 2.05. The third-order valence-electron chi connectivity index (χ3n) is 3.05. The Morgan fingerprint density at radius 1 is 1.15 bits per heavy atom. The summed E-state index contributed by atoms with van der Waals surface area (Å²) in [5.41, 5.74) is 8.78. The van der Waals surface area contributed by atoms with Gasteiger partial charge in [-0.25, -0.2) is 4.98 Å². The largest absolute Gasteiger partial charge is 0.491 e. The number of H-pyrrole nitrogens is 1. The molecule has 1 aromatic carbocycles. The fourth-order valence-corrected chi connectivity index (χ4v) is 2.05. The van der Waals surface area contributed by atoms with Crippen molar-refractivity contribution in [2.45, 2.75) is 46.3 Å². The number of nitrogens with two attached hydrogens (primary N) is 1. The highest BCUT2D eigenvalue weighted by atomic mass is 16.5. The first-order valence-corrected chi connectivity index (χ1v) is 7.07. The van der Waals surface area contributed by atoms with E-state index in [0.717, 1.165) is 28.5 Å². The lowest BCUT2D eigenvalue weighted by atomic mass is 10.1. The second-order valence-electron chi connectivity index (χ2n) is 5.50. The molecule has 1 aromatic heterocycles. The predicted octanol–water partition coefficient (Wildman–Crippen LogP) is 3.45. The molecule has 1 heterocycles. The van der Waals surface area contributed by atoms with Crippen LogP contribution in [0.4, 0.5) is 0 Å². The van der Waals surface area contributed by atoms with Gasteiger partial charge in [-0.2, -0.15) is 0 Å². The van der Waals surface area contributed by atoms with Gasteiger partial charge in [-0.1, -0.05) is 13.8 Å². The highest BCUT2D eigenvalue weighted by Crippen LogP contribution is 2.26. The maximum atomic E-state index is 5.80. The molecule has 20 heavy (non-hydrogen) atoms.